The Morgan fingerprint density at radius 3 is 2.58 bits per heavy atom. The molecule has 0 unspecified atom stereocenters. The van der Waals surface area contributed by atoms with Crippen LogP contribution in [0, 0.1) is 5.92 Å². The summed E-state index contributed by atoms with van der Waals surface area (Å²) >= 11 is 0. The van der Waals surface area contributed by atoms with Gasteiger partial charge in [0.1, 0.15) is 0 Å². The van der Waals surface area contributed by atoms with E-state index in [4.69, 9.17) is 0 Å². The lowest BCUT2D eigenvalue weighted by Crippen LogP contribution is -2.37. The van der Waals surface area contributed by atoms with Crippen LogP contribution in [0.15, 0.2) is 54.7 Å². The molecule has 24 heavy (non-hydrogen) atoms. The number of carbonyl (C=O) groups is 2. The molecule has 1 fully saturated rings. The summed E-state index contributed by atoms with van der Waals surface area (Å²) in [6.07, 6.45) is 2.27. The highest BCUT2D eigenvalue weighted by Crippen LogP contribution is 2.17. The summed E-state index contributed by atoms with van der Waals surface area (Å²) in [6, 6.07) is 14.9. The Kier molecular flexibility index (Phi) is 4.89. The smallest absolute Gasteiger partial charge is 0.253 e. The summed E-state index contributed by atoms with van der Waals surface area (Å²) in [6.45, 7) is 1.53. The summed E-state index contributed by atoms with van der Waals surface area (Å²) in [5, 5.41) is 0. The largest absolute Gasteiger partial charge is 0.344 e. The highest BCUT2D eigenvalue weighted by Gasteiger charge is 2.31. The summed E-state index contributed by atoms with van der Waals surface area (Å²) < 4.78 is 0. The first-order chi connectivity index (χ1) is 11.6. The maximum atomic E-state index is 12.7. The number of aromatic nitrogens is 1. The molecule has 2 heterocycles. The molecule has 0 radical (unpaired) electrons. The van der Waals surface area contributed by atoms with E-state index in [0.29, 0.717) is 31.6 Å². The second kappa shape index (κ2) is 7.25. The van der Waals surface area contributed by atoms with Crippen molar-refractivity contribution >= 4 is 11.8 Å². The first-order valence-corrected chi connectivity index (χ1v) is 8.14. The molecule has 124 valence electrons. The van der Waals surface area contributed by atoms with E-state index in [1.165, 1.54) is 0 Å². The van der Waals surface area contributed by atoms with Crippen LogP contribution in [-0.4, -0.2) is 53.3 Å². The molecule has 0 saturated carbocycles. The molecule has 1 saturated heterocycles. The quantitative estimate of drug-likeness (QED) is 0.866. The Balaban J connectivity index is 1.79. The molecule has 3 rings (SSSR count). The molecule has 0 N–H and O–H groups in total. The maximum Gasteiger partial charge on any atom is 0.253 e. The van der Waals surface area contributed by atoms with Crippen molar-refractivity contribution in [3.63, 3.8) is 0 Å². The topological polar surface area (TPSA) is 53.5 Å². The molecule has 1 atom stereocenters. The van der Waals surface area contributed by atoms with Crippen molar-refractivity contribution in [3.8, 4) is 0 Å². The Morgan fingerprint density at radius 1 is 1.12 bits per heavy atom. The molecule has 5 heteroatoms. The van der Waals surface area contributed by atoms with Crippen LogP contribution in [-0.2, 0) is 11.2 Å². The van der Waals surface area contributed by atoms with Gasteiger partial charge in [-0.15, -0.1) is 0 Å². The van der Waals surface area contributed by atoms with E-state index in [9.17, 15) is 9.59 Å². The average molecular weight is 323 g/mol. The molecule has 1 aromatic carbocycles. The predicted octanol–water partition coefficient (Wildman–Crippen LogP) is 1.85. The van der Waals surface area contributed by atoms with Crippen LogP contribution < -0.4 is 0 Å². The zero-order valence-corrected chi connectivity index (χ0v) is 13.8. The van der Waals surface area contributed by atoms with E-state index in [2.05, 4.69) is 4.98 Å². The minimum Gasteiger partial charge on any atom is -0.344 e. The fourth-order valence-corrected chi connectivity index (χ4v) is 3.00. The molecular weight excluding hydrogens is 302 g/mol. The first-order valence-electron chi connectivity index (χ1n) is 8.14. The number of rotatable bonds is 3. The lowest BCUT2D eigenvalue weighted by molar-refractivity contribution is -0.133. The molecule has 1 aliphatic heterocycles. The van der Waals surface area contributed by atoms with E-state index in [1.807, 2.05) is 48.5 Å². The molecule has 1 aliphatic rings. The number of nitrogens with zero attached hydrogens (tertiary/aromatic N) is 3. The van der Waals surface area contributed by atoms with E-state index in [-0.39, 0.29) is 17.7 Å². The molecular formula is C19H21N3O2. The third kappa shape index (κ3) is 3.62. The lowest BCUT2D eigenvalue weighted by atomic mass is 10.0. The zero-order chi connectivity index (χ0) is 16.9. The predicted molar refractivity (Wildman–Crippen MR) is 91.4 cm³/mol. The van der Waals surface area contributed by atoms with Crippen LogP contribution in [0.3, 0.4) is 0 Å². The monoisotopic (exact) mass is 323 g/mol. The molecule has 5 nitrogen and oxygen atoms in total. The third-order valence-corrected chi connectivity index (χ3v) is 4.36. The summed E-state index contributed by atoms with van der Waals surface area (Å²) in [5.41, 5.74) is 1.53. The van der Waals surface area contributed by atoms with E-state index < -0.39 is 0 Å². The minimum absolute atomic E-state index is 0.0234. The normalized spacial score (nSPS) is 18.4. The SMILES string of the molecule is CN1CCN(C(=O)c2ccccc2)C[C@H](Cc2ccccn2)C1=O. The number of likely N-dealkylation sites (N-methyl/N-ethyl adjacent to an activating group) is 1. The highest BCUT2D eigenvalue weighted by molar-refractivity contribution is 5.94. The van der Waals surface area contributed by atoms with Gasteiger partial charge >= 0.3 is 0 Å². The van der Waals surface area contributed by atoms with Crippen molar-refractivity contribution in [3.05, 3.63) is 66.0 Å². The summed E-state index contributed by atoms with van der Waals surface area (Å²) in [7, 11) is 1.80. The van der Waals surface area contributed by atoms with Gasteiger partial charge in [-0.2, -0.15) is 0 Å². The Morgan fingerprint density at radius 2 is 1.88 bits per heavy atom. The average Bonchev–Trinajstić information content (AvgIpc) is 2.77. The van der Waals surface area contributed by atoms with Gasteiger partial charge in [0.25, 0.3) is 5.91 Å². The van der Waals surface area contributed by atoms with Crippen LogP contribution in [0.25, 0.3) is 0 Å². The lowest BCUT2D eigenvalue weighted by Gasteiger charge is -2.23. The fourth-order valence-electron chi connectivity index (χ4n) is 3.00. The number of amides is 2. The van der Waals surface area contributed by atoms with Gasteiger partial charge in [-0.05, 0) is 24.3 Å². The van der Waals surface area contributed by atoms with Gasteiger partial charge in [0, 0.05) is 50.6 Å². The van der Waals surface area contributed by atoms with Gasteiger partial charge in [0.05, 0.1) is 5.92 Å². The molecule has 0 aliphatic carbocycles. The van der Waals surface area contributed by atoms with E-state index in [1.54, 1.807) is 23.0 Å². The standard InChI is InChI=1S/C19H21N3O2/c1-21-11-12-22(19(24)15-7-3-2-4-8-15)14-16(18(21)23)13-17-9-5-6-10-20-17/h2-10,16H,11-14H2,1H3/t16-/m0/s1. The minimum atomic E-state index is -0.264. The number of pyridine rings is 1. The Hall–Kier alpha value is -2.69. The van der Waals surface area contributed by atoms with Crippen molar-refractivity contribution in [2.24, 2.45) is 5.92 Å². The molecule has 1 aromatic heterocycles. The summed E-state index contributed by atoms with van der Waals surface area (Å²) in [4.78, 5) is 33.2. The molecule has 0 spiro atoms. The van der Waals surface area contributed by atoms with Gasteiger partial charge in [-0.3, -0.25) is 14.6 Å². The third-order valence-electron chi connectivity index (χ3n) is 4.36. The van der Waals surface area contributed by atoms with Crippen LogP contribution in [0.4, 0.5) is 0 Å². The summed E-state index contributed by atoms with van der Waals surface area (Å²) in [5.74, 6) is -0.214. The van der Waals surface area contributed by atoms with Crippen molar-refractivity contribution in [1.29, 1.82) is 0 Å². The van der Waals surface area contributed by atoms with Crippen molar-refractivity contribution in [1.82, 2.24) is 14.8 Å². The van der Waals surface area contributed by atoms with Gasteiger partial charge in [0.15, 0.2) is 0 Å². The Bertz CT molecular complexity index is 703. The van der Waals surface area contributed by atoms with Gasteiger partial charge in [-0.25, -0.2) is 0 Å². The maximum absolute atomic E-state index is 12.7. The molecule has 2 amide bonds. The highest BCUT2D eigenvalue weighted by atomic mass is 16.2. The molecule has 0 bridgehead atoms. The second-order valence-electron chi connectivity index (χ2n) is 6.10. The number of carbonyl (C=O) groups excluding carboxylic acids is 2. The van der Waals surface area contributed by atoms with Crippen LogP contribution in [0.1, 0.15) is 16.1 Å². The van der Waals surface area contributed by atoms with Gasteiger partial charge in [-0.1, -0.05) is 24.3 Å². The Labute approximate surface area is 141 Å². The van der Waals surface area contributed by atoms with E-state index in [0.717, 1.165) is 5.69 Å². The number of benzene rings is 1. The van der Waals surface area contributed by atoms with Crippen molar-refractivity contribution in [2.75, 3.05) is 26.7 Å². The first kappa shape index (κ1) is 16.2. The second-order valence-corrected chi connectivity index (χ2v) is 6.10. The fraction of sp³-hybridized carbons (Fsp3) is 0.316. The van der Waals surface area contributed by atoms with Crippen molar-refractivity contribution < 1.29 is 9.59 Å². The number of hydrogen-bond acceptors (Lipinski definition) is 3. The number of hydrogen-bond donors (Lipinski definition) is 0. The van der Waals surface area contributed by atoms with Gasteiger partial charge in [0.2, 0.25) is 5.91 Å². The van der Waals surface area contributed by atoms with Crippen molar-refractivity contribution in [2.45, 2.75) is 6.42 Å². The van der Waals surface area contributed by atoms with E-state index >= 15 is 0 Å². The van der Waals surface area contributed by atoms with Crippen LogP contribution >= 0.6 is 0 Å². The zero-order valence-electron chi connectivity index (χ0n) is 13.8. The van der Waals surface area contributed by atoms with Crippen LogP contribution in [0.5, 0.6) is 0 Å². The molecule has 2 aromatic rings. The van der Waals surface area contributed by atoms with Gasteiger partial charge < -0.3 is 9.80 Å². The van der Waals surface area contributed by atoms with Crippen LogP contribution in [0.2, 0.25) is 0 Å².